The minimum absolute atomic E-state index is 0.0837. The molecule has 0 spiro atoms. The zero-order valence-electron chi connectivity index (χ0n) is 12.9. The molecule has 9 heteroatoms. The first-order valence-corrected chi connectivity index (χ1v) is 7.48. The fourth-order valence-corrected chi connectivity index (χ4v) is 2.73. The lowest BCUT2D eigenvalue weighted by Gasteiger charge is -2.24. The van der Waals surface area contributed by atoms with Crippen LogP contribution in [0.5, 0.6) is 5.75 Å². The highest BCUT2D eigenvalue weighted by atomic mass is 35.5. The Morgan fingerprint density at radius 2 is 2.08 bits per heavy atom. The van der Waals surface area contributed by atoms with Gasteiger partial charge in [0, 0.05) is 11.4 Å². The van der Waals surface area contributed by atoms with E-state index >= 15 is 0 Å². The lowest BCUT2D eigenvalue weighted by molar-refractivity contribution is -0.141. The van der Waals surface area contributed by atoms with Gasteiger partial charge in [0.2, 0.25) is 0 Å². The molecule has 2 rings (SSSR count). The fraction of sp³-hybridized carbons (Fsp3) is 0.400. The molecule has 130 valence electrons. The van der Waals surface area contributed by atoms with E-state index in [9.17, 15) is 24.6 Å². The second-order valence-corrected chi connectivity index (χ2v) is 5.97. The second-order valence-electron chi connectivity index (χ2n) is 5.56. The van der Waals surface area contributed by atoms with E-state index in [1.54, 1.807) is 6.92 Å². The van der Waals surface area contributed by atoms with Gasteiger partial charge in [-0.25, -0.2) is 9.59 Å². The van der Waals surface area contributed by atoms with Crippen LogP contribution in [0, 0.1) is 0 Å². The third kappa shape index (κ3) is 3.29. The van der Waals surface area contributed by atoms with Gasteiger partial charge in [-0.1, -0.05) is 11.6 Å². The van der Waals surface area contributed by atoms with Gasteiger partial charge in [-0.15, -0.1) is 0 Å². The highest BCUT2D eigenvalue weighted by molar-refractivity contribution is 6.32. The average Bonchev–Trinajstić information content (AvgIpc) is 2.46. The molecule has 3 atom stereocenters. The molecule has 1 heterocycles. The Hall–Kier alpha value is -2.32. The van der Waals surface area contributed by atoms with E-state index in [4.69, 9.17) is 21.4 Å². The van der Waals surface area contributed by atoms with Gasteiger partial charge in [0.05, 0.1) is 11.7 Å². The molecule has 1 aliphatic rings. The van der Waals surface area contributed by atoms with Crippen LogP contribution in [0.4, 0.5) is 0 Å². The molecule has 0 saturated carbocycles. The van der Waals surface area contributed by atoms with Gasteiger partial charge in [-0.3, -0.25) is 4.79 Å². The molecule has 0 bridgehead atoms. The summed E-state index contributed by atoms with van der Waals surface area (Å²) in [6, 6.07) is -0.434. The molecule has 0 saturated heterocycles. The van der Waals surface area contributed by atoms with Gasteiger partial charge in [0.25, 0.3) is 5.91 Å². The summed E-state index contributed by atoms with van der Waals surface area (Å²) in [5, 5.41) is 30.8. The maximum atomic E-state index is 12.2. The zero-order valence-corrected chi connectivity index (χ0v) is 13.6. The van der Waals surface area contributed by atoms with Crippen molar-refractivity contribution in [3.8, 4) is 5.75 Å². The summed E-state index contributed by atoms with van der Waals surface area (Å²) >= 11 is 6.09. The Labute approximate surface area is 142 Å². The van der Waals surface area contributed by atoms with Gasteiger partial charge in [0.1, 0.15) is 17.4 Å². The van der Waals surface area contributed by atoms with E-state index in [0.29, 0.717) is 5.56 Å². The van der Waals surface area contributed by atoms with Crippen molar-refractivity contribution in [1.82, 2.24) is 5.32 Å². The number of aliphatic hydroxyl groups excluding tert-OH is 1. The Morgan fingerprint density at radius 1 is 1.46 bits per heavy atom. The molecule has 1 amide bonds. The predicted molar refractivity (Wildman–Crippen MR) is 82.3 cm³/mol. The number of phenols is 1. The molecule has 8 nitrogen and oxygen atoms in total. The third-order valence-electron chi connectivity index (χ3n) is 3.64. The number of carboxylic acid groups (broad SMARTS) is 1. The fourth-order valence-electron chi connectivity index (χ4n) is 2.45. The Morgan fingerprint density at radius 3 is 2.62 bits per heavy atom. The van der Waals surface area contributed by atoms with Crippen LogP contribution in [0.2, 0.25) is 5.02 Å². The number of nitrogens with one attached hydrogen (secondary N) is 1. The second kappa shape index (κ2) is 6.66. The van der Waals surface area contributed by atoms with Crippen LogP contribution in [-0.4, -0.2) is 51.4 Å². The maximum absolute atomic E-state index is 12.2. The highest BCUT2D eigenvalue weighted by Crippen LogP contribution is 2.36. The van der Waals surface area contributed by atoms with Gasteiger partial charge in [-0.2, -0.15) is 0 Å². The lowest BCUT2D eigenvalue weighted by Crippen LogP contribution is -2.47. The number of rotatable bonds is 4. The number of cyclic esters (lactones) is 1. The molecule has 24 heavy (non-hydrogen) atoms. The summed E-state index contributed by atoms with van der Waals surface area (Å²) in [5.74, 6) is -3.89. The van der Waals surface area contributed by atoms with E-state index in [1.165, 1.54) is 6.92 Å². The van der Waals surface area contributed by atoms with E-state index in [2.05, 4.69) is 5.32 Å². The van der Waals surface area contributed by atoms with Crippen molar-refractivity contribution in [3.05, 3.63) is 27.8 Å². The normalized spacial score (nSPS) is 19.0. The number of benzene rings is 1. The van der Waals surface area contributed by atoms with Crippen LogP contribution in [-0.2, 0) is 16.0 Å². The van der Waals surface area contributed by atoms with Gasteiger partial charge in [-0.05, 0) is 25.5 Å². The molecule has 4 N–H and O–H groups in total. The lowest BCUT2D eigenvalue weighted by atomic mass is 9.95. The first-order chi connectivity index (χ1) is 11.1. The van der Waals surface area contributed by atoms with Crippen molar-refractivity contribution in [3.63, 3.8) is 0 Å². The topological polar surface area (TPSA) is 133 Å². The molecule has 0 aliphatic carbocycles. The number of amides is 1. The van der Waals surface area contributed by atoms with Crippen molar-refractivity contribution in [1.29, 1.82) is 0 Å². The molecule has 0 fully saturated rings. The van der Waals surface area contributed by atoms with Crippen molar-refractivity contribution in [2.75, 3.05) is 0 Å². The van der Waals surface area contributed by atoms with E-state index in [0.717, 1.165) is 6.07 Å². The van der Waals surface area contributed by atoms with Gasteiger partial charge < -0.3 is 25.4 Å². The minimum Gasteiger partial charge on any atom is -0.506 e. The number of hydrogen-bond acceptors (Lipinski definition) is 6. The molecular weight excluding hydrogens is 342 g/mol. The summed E-state index contributed by atoms with van der Waals surface area (Å²) in [6.07, 6.45) is -1.51. The minimum atomic E-state index is -1.58. The summed E-state index contributed by atoms with van der Waals surface area (Å²) in [7, 11) is 0. The van der Waals surface area contributed by atoms with Crippen molar-refractivity contribution >= 4 is 29.4 Å². The maximum Gasteiger partial charge on any atom is 0.342 e. The number of fused-ring (bicyclic) bond motifs is 1. The van der Waals surface area contributed by atoms with E-state index in [1.807, 2.05) is 0 Å². The quantitative estimate of drug-likeness (QED) is 0.583. The third-order valence-corrected chi connectivity index (χ3v) is 3.97. The van der Waals surface area contributed by atoms with Crippen molar-refractivity contribution in [2.24, 2.45) is 0 Å². The van der Waals surface area contributed by atoms with E-state index < -0.39 is 41.8 Å². The number of phenolic OH excluding ortho intramolecular Hbond substituents is 1. The van der Waals surface area contributed by atoms with Gasteiger partial charge in [0.15, 0.2) is 6.04 Å². The standard InChI is InChI=1S/C15H16ClNO7/c1-5-3-7-9(16)4-8(12(19)10(7)15(23)24-5)13(20)17-11(6(2)18)14(21)22/h4-6,11,18-19H,3H2,1-2H3,(H,17,20)(H,21,22)/t5?,6-,11+/m1/s1. The molecule has 1 aromatic carbocycles. The van der Waals surface area contributed by atoms with Crippen LogP contribution in [0.1, 0.15) is 40.1 Å². The van der Waals surface area contributed by atoms with Crippen LogP contribution in [0.15, 0.2) is 6.07 Å². The molecular formula is C15H16ClNO7. The smallest absolute Gasteiger partial charge is 0.342 e. The number of halogens is 1. The largest absolute Gasteiger partial charge is 0.506 e. The molecule has 1 aromatic rings. The summed E-state index contributed by atoms with van der Waals surface area (Å²) in [6.45, 7) is 2.85. The molecule has 1 unspecified atom stereocenters. The summed E-state index contributed by atoms with van der Waals surface area (Å²) < 4.78 is 5.02. The number of carboxylic acids is 1. The Bertz CT molecular complexity index is 716. The number of aliphatic hydroxyl groups is 1. The number of carbonyl (C=O) groups excluding carboxylic acids is 2. The van der Waals surface area contributed by atoms with Crippen LogP contribution in [0.3, 0.4) is 0 Å². The predicted octanol–water partition coefficient (Wildman–Crippen LogP) is 0.711. The Kier molecular flexibility index (Phi) is 5.00. The Balaban J connectivity index is 2.44. The summed E-state index contributed by atoms with van der Waals surface area (Å²) in [4.78, 5) is 35.3. The molecule has 0 aromatic heterocycles. The number of carbonyl (C=O) groups is 3. The van der Waals surface area contributed by atoms with Crippen LogP contribution >= 0.6 is 11.6 Å². The number of hydrogen-bond donors (Lipinski definition) is 4. The SMILES string of the molecule is CC1Cc2c(Cl)cc(C(=O)N[C@H](C(=O)O)[C@@H](C)O)c(O)c2C(=O)O1. The summed E-state index contributed by atoms with van der Waals surface area (Å²) in [5.41, 5.74) is -0.230. The number of esters is 1. The van der Waals surface area contributed by atoms with Crippen LogP contribution < -0.4 is 5.32 Å². The number of aromatic hydroxyl groups is 1. The molecule has 0 radical (unpaired) electrons. The first-order valence-electron chi connectivity index (χ1n) is 7.10. The zero-order chi connectivity index (χ0) is 18.2. The average molecular weight is 358 g/mol. The molecule has 1 aliphatic heterocycles. The highest BCUT2D eigenvalue weighted by Gasteiger charge is 2.33. The first kappa shape index (κ1) is 18.0. The van der Waals surface area contributed by atoms with E-state index in [-0.39, 0.29) is 22.6 Å². The number of aliphatic carboxylic acids is 1. The van der Waals surface area contributed by atoms with Gasteiger partial charge >= 0.3 is 11.9 Å². The monoisotopic (exact) mass is 357 g/mol. The van der Waals surface area contributed by atoms with Crippen molar-refractivity contribution in [2.45, 2.75) is 38.5 Å². The number of ether oxygens (including phenoxy) is 1. The van der Waals surface area contributed by atoms with Crippen LogP contribution in [0.25, 0.3) is 0 Å². The van der Waals surface area contributed by atoms with Crippen molar-refractivity contribution < 1.29 is 34.4 Å².